The molecule has 0 aliphatic heterocycles. The molecule has 2 heterocycles. The van der Waals surface area contributed by atoms with Crippen LogP contribution in [0.25, 0.3) is 16.9 Å². The van der Waals surface area contributed by atoms with Crippen LogP contribution in [0.4, 0.5) is 0 Å². The van der Waals surface area contributed by atoms with Gasteiger partial charge >= 0.3 is 0 Å². The molecule has 0 atom stereocenters. The molecule has 0 amide bonds. The lowest BCUT2D eigenvalue weighted by molar-refractivity contribution is 0.396. The van der Waals surface area contributed by atoms with Gasteiger partial charge in [-0.05, 0) is 33.2 Å². The topological polar surface area (TPSA) is 20.5 Å². The molecule has 0 aliphatic carbocycles. The summed E-state index contributed by atoms with van der Waals surface area (Å²) in [6.45, 7) is 2.97. The standard InChI is InChI=1S/C17H19N3/c1-13-7-9-14(10-8-13)17-15(12-19(2)3)20-11-5-4-6-16(20)18-17/h4-11H,12H2,1-3H3. The van der Waals surface area contributed by atoms with E-state index >= 15 is 0 Å². The van der Waals surface area contributed by atoms with Crippen molar-refractivity contribution in [3.8, 4) is 11.3 Å². The van der Waals surface area contributed by atoms with E-state index in [0.717, 1.165) is 17.9 Å². The highest BCUT2D eigenvalue weighted by molar-refractivity contribution is 5.66. The zero-order chi connectivity index (χ0) is 14.1. The highest BCUT2D eigenvalue weighted by atomic mass is 15.1. The maximum atomic E-state index is 4.80. The Morgan fingerprint density at radius 2 is 1.80 bits per heavy atom. The Morgan fingerprint density at radius 3 is 2.50 bits per heavy atom. The average Bonchev–Trinajstić information content (AvgIpc) is 2.78. The normalized spacial score (nSPS) is 11.4. The number of aromatic nitrogens is 2. The third-order valence-corrected chi connectivity index (χ3v) is 3.42. The molecule has 0 saturated heterocycles. The van der Waals surface area contributed by atoms with Crippen LogP contribution < -0.4 is 0 Å². The summed E-state index contributed by atoms with van der Waals surface area (Å²) in [6, 6.07) is 14.7. The second kappa shape index (κ2) is 5.10. The van der Waals surface area contributed by atoms with Crippen LogP contribution in [0, 0.1) is 6.92 Å². The molecule has 3 nitrogen and oxygen atoms in total. The maximum absolute atomic E-state index is 4.80. The Balaban J connectivity index is 2.20. The van der Waals surface area contributed by atoms with Crippen LogP contribution >= 0.6 is 0 Å². The number of aryl methyl sites for hydroxylation is 1. The Bertz CT molecular complexity index is 724. The summed E-state index contributed by atoms with van der Waals surface area (Å²) in [5.74, 6) is 0. The minimum absolute atomic E-state index is 0.869. The first kappa shape index (κ1) is 12.9. The molecule has 0 unspecified atom stereocenters. The second-order valence-corrected chi connectivity index (χ2v) is 5.44. The van der Waals surface area contributed by atoms with Crippen molar-refractivity contribution in [1.29, 1.82) is 0 Å². The molecule has 0 spiro atoms. The third-order valence-electron chi connectivity index (χ3n) is 3.42. The molecule has 3 rings (SSSR count). The second-order valence-electron chi connectivity index (χ2n) is 5.44. The molecule has 0 aliphatic rings. The van der Waals surface area contributed by atoms with E-state index in [2.05, 4.69) is 66.8 Å². The molecule has 2 aromatic heterocycles. The molecular formula is C17H19N3. The van der Waals surface area contributed by atoms with Crippen LogP contribution in [0.3, 0.4) is 0 Å². The van der Waals surface area contributed by atoms with Crippen molar-refractivity contribution in [1.82, 2.24) is 14.3 Å². The van der Waals surface area contributed by atoms with Crippen LogP contribution in [-0.2, 0) is 6.54 Å². The van der Waals surface area contributed by atoms with E-state index in [-0.39, 0.29) is 0 Å². The quantitative estimate of drug-likeness (QED) is 0.723. The van der Waals surface area contributed by atoms with E-state index in [1.165, 1.54) is 16.8 Å². The Morgan fingerprint density at radius 1 is 1.05 bits per heavy atom. The predicted octanol–water partition coefficient (Wildman–Crippen LogP) is 3.37. The number of pyridine rings is 1. The molecule has 1 aromatic carbocycles. The van der Waals surface area contributed by atoms with Crippen molar-refractivity contribution in [3.63, 3.8) is 0 Å². The average molecular weight is 265 g/mol. The van der Waals surface area contributed by atoms with E-state index in [1.807, 2.05) is 12.1 Å². The van der Waals surface area contributed by atoms with Gasteiger partial charge in [0.15, 0.2) is 0 Å². The van der Waals surface area contributed by atoms with E-state index in [9.17, 15) is 0 Å². The van der Waals surface area contributed by atoms with Crippen molar-refractivity contribution >= 4 is 5.65 Å². The summed E-state index contributed by atoms with van der Waals surface area (Å²) >= 11 is 0. The number of hydrogen-bond acceptors (Lipinski definition) is 2. The molecule has 20 heavy (non-hydrogen) atoms. The van der Waals surface area contributed by atoms with E-state index < -0.39 is 0 Å². The summed E-state index contributed by atoms with van der Waals surface area (Å²) in [4.78, 5) is 6.98. The predicted molar refractivity (Wildman–Crippen MR) is 82.8 cm³/mol. The Hall–Kier alpha value is -2.13. The maximum Gasteiger partial charge on any atom is 0.137 e. The Labute approximate surface area is 119 Å². The van der Waals surface area contributed by atoms with Crippen LogP contribution in [0.1, 0.15) is 11.3 Å². The van der Waals surface area contributed by atoms with Gasteiger partial charge in [-0.3, -0.25) is 0 Å². The smallest absolute Gasteiger partial charge is 0.137 e. The van der Waals surface area contributed by atoms with E-state index in [4.69, 9.17) is 4.98 Å². The fourth-order valence-electron chi connectivity index (χ4n) is 2.44. The summed E-state index contributed by atoms with van der Waals surface area (Å²) in [6.07, 6.45) is 2.08. The number of imidazole rings is 1. The fraction of sp³-hybridized carbons (Fsp3) is 0.235. The van der Waals surface area contributed by atoms with Crippen molar-refractivity contribution in [2.45, 2.75) is 13.5 Å². The van der Waals surface area contributed by atoms with Gasteiger partial charge in [0.2, 0.25) is 0 Å². The van der Waals surface area contributed by atoms with Gasteiger partial charge in [-0.15, -0.1) is 0 Å². The van der Waals surface area contributed by atoms with Gasteiger partial charge in [0.1, 0.15) is 5.65 Å². The van der Waals surface area contributed by atoms with Crippen LogP contribution in [0.2, 0.25) is 0 Å². The highest BCUT2D eigenvalue weighted by Gasteiger charge is 2.14. The monoisotopic (exact) mass is 265 g/mol. The van der Waals surface area contributed by atoms with Crippen LogP contribution in [0.15, 0.2) is 48.7 Å². The molecule has 3 heteroatoms. The molecule has 0 radical (unpaired) electrons. The largest absolute Gasteiger partial charge is 0.304 e. The van der Waals surface area contributed by atoms with E-state index in [1.54, 1.807) is 0 Å². The van der Waals surface area contributed by atoms with Gasteiger partial charge in [0.05, 0.1) is 11.4 Å². The third kappa shape index (κ3) is 2.32. The van der Waals surface area contributed by atoms with Crippen LogP contribution in [0.5, 0.6) is 0 Å². The number of rotatable bonds is 3. The first-order valence-corrected chi connectivity index (χ1v) is 6.83. The molecule has 0 fully saturated rings. The van der Waals surface area contributed by atoms with Crippen molar-refractivity contribution in [3.05, 3.63) is 59.9 Å². The summed E-state index contributed by atoms with van der Waals surface area (Å²) in [5, 5.41) is 0. The van der Waals surface area contributed by atoms with Crippen molar-refractivity contribution < 1.29 is 0 Å². The van der Waals surface area contributed by atoms with Gasteiger partial charge < -0.3 is 9.30 Å². The van der Waals surface area contributed by atoms with Gasteiger partial charge in [-0.1, -0.05) is 35.9 Å². The van der Waals surface area contributed by atoms with Crippen molar-refractivity contribution in [2.75, 3.05) is 14.1 Å². The fourth-order valence-corrected chi connectivity index (χ4v) is 2.44. The summed E-state index contributed by atoms with van der Waals surface area (Å²) in [5.41, 5.74) is 5.75. The number of fused-ring (bicyclic) bond motifs is 1. The van der Waals surface area contributed by atoms with Crippen molar-refractivity contribution in [2.24, 2.45) is 0 Å². The van der Waals surface area contributed by atoms with Crippen LogP contribution in [-0.4, -0.2) is 28.4 Å². The summed E-state index contributed by atoms with van der Waals surface area (Å²) < 4.78 is 2.18. The Kier molecular flexibility index (Phi) is 3.28. The minimum Gasteiger partial charge on any atom is -0.304 e. The van der Waals surface area contributed by atoms with Gasteiger partial charge in [0, 0.05) is 18.3 Å². The SMILES string of the molecule is Cc1ccc(-c2nc3ccccn3c2CN(C)C)cc1. The molecule has 3 aromatic rings. The molecule has 0 N–H and O–H groups in total. The number of nitrogens with zero attached hydrogens (tertiary/aromatic N) is 3. The zero-order valence-corrected chi connectivity index (χ0v) is 12.2. The molecule has 0 saturated carbocycles. The minimum atomic E-state index is 0.869. The van der Waals surface area contributed by atoms with Gasteiger partial charge in [0.25, 0.3) is 0 Å². The highest BCUT2D eigenvalue weighted by Crippen LogP contribution is 2.25. The van der Waals surface area contributed by atoms with Gasteiger partial charge in [-0.25, -0.2) is 4.98 Å². The first-order chi connectivity index (χ1) is 9.65. The molecular weight excluding hydrogens is 246 g/mol. The zero-order valence-electron chi connectivity index (χ0n) is 12.2. The lowest BCUT2D eigenvalue weighted by atomic mass is 10.1. The van der Waals surface area contributed by atoms with Gasteiger partial charge in [-0.2, -0.15) is 0 Å². The lowest BCUT2D eigenvalue weighted by Gasteiger charge is -2.11. The number of hydrogen-bond donors (Lipinski definition) is 0. The number of benzene rings is 1. The summed E-state index contributed by atoms with van der Waals surface area (Å²) in [7, 11) is 4.17. The molecule has 0 bridgehead atoms. The first-order valence-electron chi connectivity index (χ1n) is 6.83. The molecule has 102 valence electrons. The lowest BCUT2D eigenvalue weighted by Crippen LogP contribution is -2.13. The van der Waals surface area contributed by atoms with E-state index in [0.29, 0.717) is 0 Å².